The van der Waals surface area contributed by atoms with E-state index in [1.807, 2.05) is 24.3 Å². The molecule has 10 aromatic carbocycles. The van der Waals surface area contributed by atoms with Gasteiger partial charge in [0.2, 0.25) is 0 Å². The number of aromatic nitrogens is 1. The Kier molecular flexibility index (Phi) is 6.35. The van der Waals surface area contributed by atoms with E-state index in [1.54, 1.807) is 0 Å². The summed E-state index contributed by atoms with van der Waals surface area (Å²) in [7, 11) is 0. The van der Waals surface area contributed by atoms with Gasteiger partial charge in [0, 0.05) is 21.8 Å². The molecule has 0 fully saturated rings. The number of para-hydroxylation sites is 1. The second-order valence-electron chi connectivity index (χ2n) is 14.0. The molecule has 0 saturated carbocycles. The van der Waals surface area contributed by atoms with Crippen molar-refractivity contribution in [3.63, 3.8) is 0 Å². The SMILES string of the molecule is [C-]#[N+]c1ccc(-c2ccc3ccc(-c4ccc5c(c4)c4ccccc4c4cc6c7ccc8ccccc8c7n(-c7ccccc7)c6cc54)cc3c2)cc1. The maximum absolute atomic E-state index is 7.31. The molecule has 0 unspecified atom stereocenters. The third-order valence-electron chi connectivity index (χ3n) is 11.1. The Bertz CT molecular complexity index is 3330. The topological polar surface area (TPSA) is 9.29 Å². The van der Waals surface area contributed by atoms with E-state index in [1.165, 1.54) is 86.8 Å². The van der Waals surface area contributed by atoms with E-state index < -0.39 is 0 Å². The van der Waals surface area contributed by atoms with E-state index in [2.05, 4.69) is 167 Å². The molecular formula is C51H30N2. The standard InChI is InChI=1S/C51H30N2/c1-52-39-23-19-32(20-24-39)35-17-15-33-16-18-36(28-38(33)27-35)37-22-25-44-46(29-37)42-13-7-8-14-43(42)47-30-49-45-26-21-34-9-5-6-12-41(34)51(45)53(50(49)31-48(44)47)40-10-3-2-4-11-40/h2-31H. The van der Waals surface area contributed by atoms with Crippen LogP contribution in [0.4, 0.5) is 5.69 Å². The monoisotopic (exact) mass is 670 g/mol. The van der Waals surface area contributed by atoms with Crippen molar-refractivity contribution in [3.8, 4) is 27.9 Å². The van der Waals surface area contributed by atoms with Crippen LogP contribution in [0.1, 0.15) is 0 Å². The van der Waals surface area contributed by atoms with Gasteiger partial charge in [0.25, 0.3) is 0 Å². The highest BCUT2D eigenvalue weighted by molar-refractivity contribution is 6.30. The third-order valence-corrected chi connectivity index (χ3v) is 11.1. The van der Waals surface area contributed by atoms with Gasteiger partial charge in [-0.2, -0.15) is 0 Å². The summed E-state index contributed by atoms with van der Waals surface area (Å²) in [6.45, 7) is 7.31. The molecule has 0 aliphatic carbocycles. The fourth-order valence-corrected chi connectivity index (χ4v) is 8.58. The summed E-state index contributed by atoms with van der Waals surface area (Å²) in [5, 5.41) is 15.0. The molecule has 0 saturated heterocycles. The molecule has 0 amide bonds. The van der Waals surface area contributed by atoms with Crippen LogP contribution in [0, 0.1) is 6.57 Å². The van der Waals surface area contributed by atoms with Gasteiger partial charge in [-0.15, -0.1) is 0 Å². The number of hydrogen-bond acceptors (Lipinski definition) is 0. The van der Waals surface area contributed by atoms with Crippen LogP contribution in [0.5, 0.6) is 0 Å². The van der Waals surface area contributed by atoms with Crippen LogP contribution in [0.15, 0.2) is 182 Å². The van der Waals surface area contributed by atoms with Crippen LogP contribution in [0.2, 0.25) is 0 Å². The van der Waals surface area contributed by atoms with Crippen LogP contribution in [0.3, 0.4) is 0 Å². The zero-order valence-corrected chi connectivity index (χ0v) is 28.7. The number of benzene rings is 10. The highest BCUT2D eigenvalue weighted by atomic mass is 15.0. The first-order valence-corrected chi connectivity index (χ1v) is 18.0. The average Bonchev–Trinajstić information content (AvgIpc) is 3.56. The van der Waals surface area contributed by atoms with Gasteiger partial charge in [-0.25, -0.2) is 4.85 Å². The van der Waals surface area contributed by atoms with E-state index in [0.29, 0.717) is 5.69 Å². The number of hydrogen-bond donors (Lipinski definition) is 0. The van der Waals surface area contributed by atoms with Crippen molar-refractivity contribution in [1.29, 1.82) is 0 Å². The van der Waals surface area contributed by atoms with Gasteiger partial charge >= 0.3 is 0 Å². The van der Waals surface area contributed by atoms with E-state index in [0.717, 1.165) is 16.8 Å². The van der Waals surface area contributed by atoms with Gasteiger partial charge in [-0.05, 0) is 113 Å². The van der Waals surface area contributed by atoms with Gasteiger partial charge in [0.15, 0.2) is 5.69 Å². The summed E-state index contributed by atoms with van der Waals surface area (Å²) in [5.74, 6) is 0. The van der Waals surface area contributed by atoms with Crippen LogP contribution in [0.25, 0.3) is 108 Å². The highest BCUT2D eigenvalue weighted by Gasteiger charge is 2.18. The van der Waals surface area contributed by atoms with Gasteiger partial charge in [0.05, 0.1) is 17.6 Å². The predicted molar refractivity (Wildman–Crippen MR) is 225 cm³/mol. The third kappa shape index (κ3) is 4.51. The number of nitrogens with zero attached hydrogens (tertiary/aromatic N) is 2. The molecule has 11 aromatic rings. The smallest absolute Gasteiger partial charge is 0.187 e. The summed E-state index contributed by atoms with van der Waals surface area (Å²) in [6.07, 6.45) is 0. The van der Waals surface area contributed by atoms with Crippen molar-refractivity contribution >= 4 is 81.4 Å². The summed E-state index contributed by atoms with van der Waals surface area (Å²) in [5.41, 5.74) is 8.93. The molecule has 0 spiro atoms. The first-order valence-electron chi connectivity index (χ1n) is 18.0. The molecule has 0 bridgehead atoms. The second-order valence-corrected chi connectivity index (χ2v) is 14.0. The lowest BCUT2D eigenvalue weighted by atomic mass is 9.90. The maximum atomic E-state index is 7.31. The minimum atomic E-state index is 0.657. The fourth-order valence-electron chi connectivity index (χ4n) is 8.58. The maximum Gasteiger partial charge on any atom is 0.187 e. The molecule has 1 heterocycles. The fraction of sp³-hybridized carbons (Fsp3) is 0. The Morgan fingerprint density at radius 3 is 1.64 bits per heavy atom. The van der Waals surface area contributed by atoms with Gasteiger partial charge in [-0.1, -0.05) is 140 Å². The Morgan fingerprint density at radius 1 is 0.340 bits per heavy atom. The molecule has 0 aliphatic rings. The van der Waals surface area contributed by atoms with E-state index in [4.69, 9.17) is 6.57 Å². The molecule has 1 aromatic heterocycles. The minimum Gasteiger partial charge on any atom is -0.309 e. The lowest BCUT2D eigenvalue weighted by Crippen LogP contribution is -1.94. The van der Waals surface area contributed by atoms with E-state index in [9.17, 15) is 0 Å². The molecule has 0 aliphatic heterocycles. The van der Waals surface area contributed by atoms with E-state index in [-0.39, 0.29) is 0 Å². The molecule has 0 N–H and O–H groups in total. The highest BCUT2D eigenvalue weighted by Crippen LogP contribution is 2.43. The summed E-state index contributed by atoms with van der Waals surface area (Å²) in [6, 6.07) is 66.1. The van der Waals surface area contributed by atoms with Gasteiger partial charge < -0.3 is 4.57 Å². The van der Waals surface area contributed by atoms with Crippen molar-refractivity contribution in [2.45, 2.75) is 0 Å². The molecule has 0 atom stereocenters. The summed E-state index contributed by atoms with van der Waals surface area (Å²) >= 11 is 0. The van der Waals surface area contributed by atoms with Gasteiger partial charge in [-0.3, -0.25) is 0 Å². The minimum absolute atomic E-state index is 0.657. The first-order chi connectivity index (χ1) is 26.2. The average molecular weight is 671 g/mol. The second kappa shape index (κ2) is 11.4. The quantitative estimate of drug-likeness (QED) is 0.131. The predicted octanol–water partition coefficient (Wildman–Crippen LogP) is 14.4. The normalized spacial score (nSPS) is 11.8. The molecule has 2 heteroatoms. The largest absolute Gasteiger partial charge is 0.309 e. The Labute approximate surface area is 306 Å². The molecule has 244 valence electrons. The zero-order chi connectivity index (χ0) is 35.0. The molecular weight excluding hydrogens is 641 g/mol. The summed E-state index contributed by atoms with van der Waals surface area (Å²) in [4.78, 5) is 3.55. The number of rotatable bonds is 3. The van der Waals surface area contributed by atoms with Crippen LogP contribution in [-0.2, 0) is 0 Å². The Morgan fingerprint density at radius 2 is 0.887 bits per heavy atom. The van der Waals surface area contributed by atoms with Gasteiger partial charge in [0.1, 0.15) is 0 Å². The Balaban J connectivity index is 1.16. The molecule has 0 radical (unpaired) electrons. The van der Waals surface area contributed by atoms with Crippen LogP contribution < -0.4 is 0 Å². The zero-order valence-electron chi connectivity index (χ0n) is 28.7. The number of fused-ring (bicyclic) bond motifs is 12. The molecule has 11 rings (SSSR count). The lowest BCUT2D eigenvalue weighted by molar-refractivity contribution is 1.19. The first kappa shape index (κ1) is 29.5. The van der Waals surface area contributed by atoms with Crippen molar-refractivity contribution in [1.82, 2.24) is 4.57 Å². The van der Waals surface area contributed by atoms with Crippen molar-refractivity contribution in [2.24, 2.45) is 0 Å². The van der Waals surface area contributed by atoms with Crippen LogP contribution >= 0.6 is 0 Å². The molecule has 53 heavy (non-hydrogen) atoms. The van der Waals surface area contributed by atoms with Crippen molar-refractivity contribution in [3.05, 3.63) is 193 Å². The van der Waals surface area contributed by atoms with Crippen molar-refractivity contribution in [2.75, 3.05) is 0 Å². The lowest BCUT2D eigenvalue weighted by Gasteiger charge is -2.14. The Hall–Kier alpha value is -7.21. The summed E-state index contributed by atoms with van der Waals surface area (Å²) < 4.78 is 2.46. The molecule has 2 nitrogen and oxygen atoms in total. The van der Waals surface area contributed by atoms with Crippen LogP contribution in [-0.4, -0.2) is 4.57 Å². The van der Waals surface area contributed by atoms with E-state index >= 15 is 0 Å². The van der Waals surface area contributed by atoms with Crippen molar-refractivity contribution < 1.29 is 0 Å².